The maximum absolute atomic E-state index is 12.8. The summed E-state index contributed by atoms with van der Waals surface area (Å²) in [5.74, 6) is -0.284. The number of fused-ring (bicyclic) bond motifs is 2. The van der Waals surface area contributed by atoms with Gasteiger partial charge in [-0.15, -0.1) is 0 Å². The molecule has 0 radical (unpaired) electrons. The number of amides is 1. The Morgan fingerprint density at radius 2 is 2.15 bits per heavy atom. The Hall–Kier alpha value is -3.00. The third kappa shape index (κ3) is 2.78. The molecule has 0 aliphatic carbocycles. The van der Waals surface area contributed by atoms with Crippen LogP contribution in [-0.4, -0.2) is 42.2 Å². The molecule has 0 spiro atoms. The van der Waals surface area contributed by atoms with Gasteiger partial charge in [-0.1, -0.05) is 19.1 Å². The summed E-state index contributed by atoms with van der Waals surface area (Å²) in [4.78, 5) is 33.5. The molecule has 1 aliphatic heterocycles. The lowest BCUT2D eigenvalue weighted by molar-refractivity contribution is 0.0693. The van der Waals surface area contributed by atoms with E-state index in [1.165, 1.54) is 0 Å². The summed E-state index contributed by atoms with van der Waals surface area (Å²) >= 11 is 0. The molecule has 1 amide bonds. The van der Waals surface area contributed by atoms with Crippen molar-refractivity contribution in [1.29, 1.82) is 0 Å². The molecule has 3 heterocycles. The van der Waals surface area contributed by atoms with Gasteiger partial charge in [0.25, 0.3) is 11.5 Å². The lowest BCUT2D eigenvalue weighted by Gasteiger charge is -2.27. The van der Waals surface area contributed by atoms with E-state index in [0.29, 0.717) is 42.7 Å². The topological polar surface area (TPSA) is 104 Å². The molecular formula is C18H19N5O3. The van der Waals surface area contributed by atoms with Crippen LogP contribution < -0.4 is 5.56 Å². The second kappa shape index (κ2) is 6.38. The van der Waals surface area contributed by atoms with Crippen LogP contribution in [0.5, 0.6) is 0 Å². The summed E-state index contributed by atoms with van der Waals surface area (Å²) in [6, 6.07) is 8.75. The van der Waals surface area contributed by atoms with Crippen LogP contribution in [0.15, 0.2) is 35.1 Å². The highest BCUT2D eigenvalue weighted by Gasteiger charge is 2.26. The Bertz CT molecular complexity index is 1040. The molecule has 3 aromatic rings. The smallest absolute Gasteiger partial charge is 0.290 e. The number of hydrogen-bond donors (Lipinski definition) is 2. The van der Waals surface area contributed by atoms with E-state index in [4.69, 9.17) is 0 Å². The van der Waals surface area contributed by atoms with E-state index in [1.807, 2.05) is 17.7 Å². The van der Waals surface area contributed by atoms with Crippen molar-refractivity contribution in [3.63, 3.8) is 0 Å². The Labute approximate surface area is 149 Å². The van der Waals surface area contributed by atoms with Gasteiger partial charge in [0.15, 0.2) is 5.82 Å². The van der Waals surface area contributed by atoms with Crippen molar-refractivity contribution in [2.24, 2.45) is 0 Å². The van der Waals surface area contributed by atoms with E-state index < -0.39 is 6.10 Å². The van der Waals surface area contributed by atoms with E-state index in [9.17, 15) is 14.7 Å². The zero-order valence-corrected chi connectivity index (χ0v) is 14.3. The van der Waals surface area contributed by atoms with E-state index in [0.717, 1.165) is 5.69 Å². The number of para-hydroxylation sites is 1. The van der Waals surface area contributed by atoms with Gasteiger partial charge >= 0.3 is 0 Å². The third-order valence-electron chi connectivity index (χ3n) is 4.65. The first-order valence-electron chi connectivity index (χ1n) is 8.60. The number of benzene rings is 1. The Kier molecular flexibility index (Phi) is 4.04. The lowest BCUT2D eigenvalue weighted by atomic mass is 10.2. The summed E-state index contributed by atoms with van der Waals surface area (Å²) in [6.45, 7) is 3.25. The lowest BCUT2D eigenvalue weighted by Crippen LogP contribution is -2.39. The van der Waals surface area contributed by atoms with Gasteiger partial charge in [0, 0.05) is 6.54 Å². The fourth-order valence-electron chi connectivity index (χ4n) is 3.17. The number of aromatic nitrogens is 4. The second-order valence-electron chi connectivity index (χ2n) is 6.37. The molecule has 8 nitrogen and oxygen atoms in total. The van der Waals surface area contributed by atoms with Crippen molar-refractivity contribution in [3.8, 4) is 0 Å². The molecule has 0 bridgehead atoms. The normalized spacial score (nSPS) is 15.1. The number of nitrogens with zero attached hydrogens (tertiary/aromatic N) is 4. The quantitative estimate of drug-likeness (QED) is 0.737. The van der Waals surface area contributed by atoms with Crippen molar-refractivity contribution >= 4 is 16.8 Å². The van der Waals surface area contributed by atoms with Crippen molar-refractivity contribution in [1.82, 2.24) is 24.6 Å². The van der Waals surface area contributed by atoms with Crippen molar-refractivity contribution in [3.05, 3.63) is 57.9 Å². The van der Waals surface area contributed by atoms with Gasteiger partial charge in [-0.3, -0.25) is 14.3 Å². The first-order chi connectivity index (χ1) is 12.6. The average molecular weight is 353 g/mol. The largest absolute Gasteiger partial charge is 0.387 e. The second-order valence-corrected chi connectivity index (χ2v) is 6.37. The number of aromatic amines is 1. The zero-order valence-electron chi connectivity index (χ0n) is 14.3. The number of nitrogens with one attached hydrogen (secondary N) is 1. The number of aliphatic hydroxyl groups excluding tert-OH is 1. The summed E-state index contributed by atoms with van der Waals surface area (Å²) in [5, 5.41) is 14.8. The van der Waals surface area contributed by atoms with E-state index in [2.05, 4.69) is 15.1 Å². The van der Waals surface area contributed by atoms with Gasteiger partial charge in [0.05, 0.1) is 41.5 Å². The summed E-state index contributed by atoms with van der Waals surface area (Å²) in [7, 11) is 0. The van der Waals surface area contributed by atoms with Gasteiger partial charge in [0.2, 0.25) is 0 Å². The molecular weight excluding hydrogens is 334 g/mol. The van der Waals surface area contributed by atoms with Crippen molar-refractivity contribution in [2.45, 2.75) is 32.5 Å². The van der Waals surface area contributed by atoms with Gasteiger partial charge in [0.1, 0.15) is 0 Å². The molecule has 1 aromatic carbocycles. The Balaban J connectivity index is 1.62. The Morgan fingerprint density at radius 3 is 2.96 bits per heavy atom. The molecule has 2 aromatic heterocycles. The predicted octanol–water partition coefficient (Wildman–Crippen LogP) is 1.22. The summed E-state index contributed by atoms with van der Waals surface area (Å²) in [6.07, 6.45) is -0.0165. The van der Waals surface area contributed by atoms with E-state index >= 15 is 0 Å². The predicted molar refractivity (Wildman–Crippen MR) is 94.6 cm³/mol. The fraction of sp³-hybridized carbons (Fsp3) is 0.333. The van der Waals surface area contributed by atoms with Crippen LogP contribution in [-0.2, 0) is 13.1 Å². The van der Waals surface area contributed by atoms with Crippen LogP contribution in [0.3, 0.4) is 0 Å². The molecule has 26 heavy (non-hydrogen) atoms. The molecule has 2 N–H and O–H groups in total. The van der Waals surface area contributed by atoms with Crippen molar-refractivity contribution in [2.75, 3.05) is 6.54 Å². The highest BCUT2D eigenvalue weighted by Crippen LogP contribution is 2.20. The van der Waals surface area contributed by atoms with Crippen LogP contribution in [0.1, 0.15) is 41.5 Å². The first kappa shape index (κ1) is 16.5. The molecule has 1 atom stereocenters. The molecule has 8 heteroatoms. The molecule has 1 aliphatic rings. The van der Waals surface area contributed by atoms with Crippen LogP contribution in [0, 0.1) is 0 Å². The van der Waals surface area contributed by atoms with Gasteiger partial charge in [-0.05, 0) is 24.6 Å². The highest BCUT2D eigenvalue weighted by atomic mass is 16.3. The molecule has 134 valence electrons. The monoisotopic (exact) mass is 353 g/mol. The molecule has 4 rings (SSSR count). The van der Waals surface area contributed by atoms with Crippen LogP contribution in [0.2, 0.25) is 0 Å². The van der Waals surface area contributed by atoms with E-state index in [1.54, 1.807) is 29.2 Å². The van der Waals surface area contributed by atoms with Gasteiger partial charge < -0.3 is 15.0 Å². The van der Waals surface area contributed by atoms with Crippen LogP contribution >= 0.6 is 0 Å². The minimum atomic E-state index is -0.601. The zero-order chi connectivity index (χ0) is 18.3. The summed E-state index contributed by atoms with van der Waals surface area (Å²) in [5.41, 5.74) is 1.65. The SMILES string of the molecule is CC[C@@H](O)c1cc2n(n1)CCN(C(=O)c1nc3ccccc3c(=O)[nH]1)C2. The van der Waals surface area contributed by atoms with Crippen LogP contribution in [0.4, 0.5) is 0 Å². The standard InChI is InChI=1S/C18H19N5O3/c1-2-15(24)14-9-11-10-22(7-8-23(11)21-14)18(26)16-19-13-6-4-3-5-12(13)17(25)20-16/h3-6,9,15,24H,2,7-8,10H2,1H3,(H,19,20,25)/t15-/m1/s1. The number of carbonyl (C=O) groups excluding carboxylic acids is 1. The third-order valence-corrected chi connectivity index (χ3v) is 4.65. The summed E-state index contributed by atoms with van der Waals surface area (Å²) < 4.78 is 1.81. The minimum absolute atomic E-state index is 0.0375. The highest BCUT2D eigenvalue weighted by molar-refractivity contribution is 5.92. The number of rotatable bonds is 3. The van der Waals surface area contributed by atoms with Gasteiger partial charge in [-0.25, -0.2) is 4.98 Å². The number of H-pyrrole nitrogens is 1. The van der Waals surface area contributed by atoms with Crippen molar-refractivity contribution < 1.29 is 9.90 Å². The Morgan fingerprint density at radius 1 is 1.35 bits per heavy atom. The average Bonchev–Trinajstić information content (AvgIpc) is 3.10. The first-order valence-corrected chi connectivity index (χ1v) is 8.60. The number of carbonyl (C=O) groups is 1. The fourth-order valence-corrected chi connectivity index (χ4v) is 3.17. The maximum atomic E-state index is 12.8. The molecule has 0 fully saturated rings. The minimum Gasteiger partial charge on any atom is -0.387 e. The van der Waals surface area contributed by atoms with Crippen LogP contribution in [0.25, 0.3) is 10.9 Å². The maximum Gasteiger partial charge on any atom is 0.290 e. The van der Waals surface area contributed by atoms with Gasteiger partial charge in [-0.2, -0.15) is 5.10 Å². The number of aliphatic hydroxyl groups is 1. The molecule has 0 saturated heterocycles. The number of hydrogen-bond acceptors (Lipinski definition) is 5. The molecule has 0 saturated carbocycles. The molecule has 0 unspecified atom stereocenters. The van der Waals surface area contributed by atoms with E-state index in [-0.39, 0.29) is 17.3 Å².